The molecule has 0 aromatic heterocycles. The first-order valence-electron chi connectivity index (χ1n) is 8.47. The highest BCUT2D eigenvalue weighted by Gasteiger charge is 2.46. The van der Waals surface area contributed by atoms with Crippen molar-refractivity contribution in [1.29, 1.82) is 0 Å². The van der Waals surface area contributed by atoms with Crippen LogP contribution >= 0.6 is 0 Å². The number of nitrogens with one attached hydrogen (secondary N) is 1. The van der Waals surface area contributed by atoms with Crippen molar-refractivity contribution in [1.82, 2.24) is 4.90 Å². The molecule has 0 unspecified atom stereocenters. The molecule has 2 aliphatic rings. The first-order valence-corrected chi connectivity index (χ1v) is 8.47. The van der Waals surface area contributed by atoms with Crippen LogP contribution in [0.5, 0.6) is 0 Å². The van der Waals surface area contributed by atoms with Gasteiger partial charge in [-0.2, -0.15) is 0 Å². The summed E-state index contributed by atoms with van der Waals surface area (Å²) in [5.41, 5.74) is 1.19. The van der Waals surface area contributed by atoms with E-state index in [9.17, 15) is 9.18 Å². The average Bonchev–Trinajstić information content (AvgIpc) is 3.02. The fraction of sp³-hybridized carbons (Fsp3) is 0.611. The number of rotatable bonds is 4. The fourth-order valence-corrected chi connectivity index (χ4v) is 3.73. The third-order valence-corrected chi connectivity index (χ3v) is 5.12. The Kier molecular flexibility index (Phi) is 5.18. The largest absolute Gasteiger partial charge is 0.377 e. The highest BCUT2D eigenvalue weighted by Crippen LogP contribution is 2.37. The van der Waals surface area contributed by atoms with Crippen molar-refractivity contribution in [2.45, 2.75) is 37.9 Å². The first-order chi connectivity index (χ1) is 11.5. The van der Waals surface area contributed by atoms with Gasteiger partial charge in [-0.3, -0.25) is 9.69 Å². The number of piperidine rings is 1. The molecular formula is C18H25FN2O3. The quantitative estimate of drug-likeness (QED) is 0.917. The van der Waals surface area contributed by atoms with Crippen molar-refractivity contribution in [2.24, 2.45) is 0 Å². The zero-order valence-corrected chi connectivity index (χ0v) is 14.3. The third kappa shape index (κ3) is 3.61. The Hall–Kier alpha value is -1.50. The summed E-state index contributed by atoms with van der Waals surface area (Å²) in [5.74, 6) is -0.490. The maximum atomic E-state index is 13.3. The van der Waals surface area contributed by atoms with Gasteiger partial charge in [0.1, 0.15) is 5.82 Å². The van der Waals surface area contributed by atoms with Crippen molar-refractivity contribution in [2.75, 3.05) is 38.7 Å². The lowest BCUT2D eigenvalue weighted by Gasteiger charge is -2.44. The van der Waals surface area contributed by atoms with E-state index in [4.69, 9.17) is 9.47 Å². The predicted molar refractivity (Wildman–Crippen MR) is 89.5 cm³/mol. The standard InChI is InChI=1S/C18H25FN2O3/c1-13-4-5-14(19)10-15(13)20-17(22)12-21-8-7-18(6-3-9-24-18)16(11-21)23-2/h4-5,10,16H,3,6-9,11-12H2,1-2H3,(H,20,22)/t16-,18+/m0/s1. The van der Waals surface area contributed by atoms with Crippen molar-refractivity contribution in [3.63, 3.8) is 0 Å². The van der Waals surface area contributed by atoms with Gasteiger partial charge in [0.05, 0.1) is 18.2 Å². The van der Waals surface area contributed by atoms with Crippen LogP contribution in [0.2, 0.25) is 0 Å². The van der Waals surface area contributed by atoms with Crippen molar-refractivity contribution < 1.29 is 18.7 Å². The van der Waals surface area contributed by atoms with Crippen LogP contribution in [0.3, 0.4) is 0 Å². The predicted octanol–water partition coefficient (Wildman–Crippen LogP) is 2.34. The fourth-order valence-electron chi connectivity index (χ4n) is 3.73. The zero-order valence-electron chi connectivity index (χ0n) is 14.3. The summed E-state index contributed by atoms with van der Waals surface area (Å²) in [6.07, 6.45) is 2.95. The van der Waals surface area contributed by atoms with Crippen LogP contribution < -0.4 is 5.32 Å². The summed E-state index contributed by atoms with van der Waals surface area (Å²) in [4.78, 5) is 14.4. The van der Waals surface area contributed by atoms with E-state index in [0.717, 1.165) is 38.0 Å². The molecule has 1 amide bonds. The molecule has 5 nitrogen and oxygen atoms in total. The van der Waals surface area contributed by atoms with Gasteiger partial charge in [0.25, 0.3) is 0 Å². The molecule has 0 saturated carbocycles. The molecule has 2 atom stereocenters. The van der Waals surface area contributed by atoms with Gasteiger partial charge in [0.15, 0.2) is 0 Å². The lowest BCUT2D eigenvalue weighted by Crippen LogP contribution is -2.57. The number of carbonyl (C=O) groups excluding carboxylic acids is 1. The van der Waals surface area contributed by atoms with E-state index in [2.05, 4.69) is 10.2 Å². The average molecular weight is 336 g/mol. The molecule has 24 heavy (non-hydrogen) atoms. The minimum Gasteiger partial charge on any atom is -0.377 e. The van der Waals surface area contributed by atoms with Crippen LogP contribution in [-0.2, 0) is 14.3 Å². The highest BCUT2D eigenvalue weighted by atomic mass is 19.1. The molecule has 2 aliphatic heterocycles. The monoisotopic (exact) mass is 336 g/mol. The second-order valence-corrected chi connectivity index (χ2v) is 6.73. The number of aryl methyl sites for hydroxylation is 1. The molecule has 0 aliphatic carbocycles. The van der Waals surface area contributed by atoms with Crippen LogP contribution in [0.1, 0.15) is 24.8 Å². The Balaban J connectivity index is 1.58. The normalized spacial score (nSPS) is 27.5. The van der Waals surface area contributed by atoms with Gasteiger partial charge in [0.2, 0.25) is 5.91 Å². The molecule has 2 fully saturated rings. The van der Waals surface area contributed by atoms with E-state index in [0.29, 0.717) is 12.2 Å². The van der Waals surface area contributed by atoms with Crippen LogP contribution in [0.25, 0.3) is 0 Å². The number of halogens is 1. The minimum atomic E-state index is -0.353. The summed E-state index contributed by atoms with van der Waals surface area (Å²) in [5, 5.41) is 2.80. The van der Waals surface area contributed by atoms with Crippen LogP contribution in [0.15, 0.2) is 18.2 Å². The van der Waals surface area contributed by atoms with E-state index in [1.165, 1.54) is 12.1 Å². The van der Waals surface area contributed by atoms with E-state index >= 15 is 0 Å². The summed E-state index contributed by atoms with van der Waals surface area (Å²) < 4.78 is 24.9. The number of likely N-dealkylation sites (tertiary alicyclic amines) is 1. The van der Waals surface area contributed by atoms with Gasteiger partial charge in [-0.25, -0.2) is 4.39 Å². The van der Waals surface area contributed by atoms with Crippen molar-refractivity contribution in [3.8, 4) is 0 Å². The molecule has 1 aromatic rings. The topological polar surface area (TPSA) is 50.8 Å². The Morgan fingerprint density at radius 1 is 1.50 bits per heavy atom. The van der Waals surface area contributed by atoms with Gasteiger partial charge >= 0.3 is 0 Å². The molecule has 1 N–H and O–H groups in total. The lowest BCUT2D eigenvalue weighted by atomic mass is 9.86. The van der Waals surface area contributed by atoms with Crippen LogP contribution in [0.4, 0.5) is 10.1 Å². The van der Waals surface area contributed by atoms with E-state index in [-0.39, 0.29) is 30.0 Å². The smallest absolute Gasteiger partial charge is 0.238 e. The maximum absolute atomic E-state index is 13.3. The second-order valence-electron chi connectivity index (χ2n) is 6.73. The van der Waals surface area contributed by atoms with Crippen LogP contribution in [0, 0.1) is 12.7 Å². The minimum absolute atomic E-state index is 0.0162. The number of hydrogen-bond acceptors (Lipinski definition) is 4. The van der Waals surface area contributed by atoms with E-state index < -0.39 is 0 Å². The number of ether oxygens (including phenoxy) is 2. The molecule has 1 spiro atoms. The van der Waals surface area contributed by atoms with Crippen LogP contribution in [-0.4, -0.2) is 55.9 Å². The molecule has 132 valence electrons. The van der Waals surface area contributed by atoms with Gasteiger partial charge in [-0.1, -0.05) is 6.07 Å². The Bertz CT molecular complexity index is 602. The zero-order chi connectivity index (χ0) is 17.2. The molecule has 0 bridgehead atoms. The number of anilines is 1. The highest BCUT2D eigenvalue weighted by molar-refractivity contribution is 5.92. The number of methoxy groups -OCH3 is 1. The SMILES string of the molecule is CO[C@H]1CN(CC(=O)Nc2cc(F)ccc2C)CC[C@]12CCCO2. The van der Waals surface area contributed by atoms with Gasteiger partial charge < -0.3 is 14.8 Å². The first kappa shape index (κ1) is 17.3. The third-order valence-electron chi connectivity index (χ3n) is 5.12. The van der Waals surface area contributed by atoms with Gasteiger partial charge in [-0.05, 0) is 43.9 Å². The lowest BCUT2D eigenvalue weighted by molar-refractivity contribution is -0.145. The number of benzene rings is 1. The number of carbonyl (C=O) groups is 1. The van der Waals surface area contributed by atoms with Gasteiger partial charge in [-0.15, -0.1) is 0 Å². The Morgan fingerprint density at radius 3 is 3.04 bits per heavy atom. The number of hydrogen-bond donors (Lipinski definition) is 1. The van der Waals surface area contributed by atoms with E-state index in [1.54, 1.807) is 13.2 Å². The Labute approximate surface area is 142 Å². The summed E-state index contributed by atoms with van der Waals surface area (Å²) >= 11 is 0. The second kappa shape index (κ2) is 7.17. The maximum Gasteiger partial charge on any atom is 0.238 e. The van der Waals surface area contributed by atoms with E-state index in [1.807, 2.05) is 6.92 Å². The molecule has 1 aromatic carbocycles. The van der Waals surface area contributed by atoms with Crippen molar-refractivity contribution in [3.05, 3.63) is 29.6 Å². The van der Waals surface area contributed by atoms with Gasteiger partial charge in [0, 0.05) is 32.5 Å². The molecule has 6 heteroatoms. The molecule has 2 saturated heterocycles. The summed E-state index contributed by atoms with van der Waals surface area (Å²) in [6, 6.07) is 4.40. The summed E-state index contributed by atoms with van der Waals surface area (Å²) in [6.45, 7) is 4.38. The molecule has 3 rings (SSSR count). The molecule has 0 radical (unpaired) electrons. The number of amides is 1. The van der Waals surface area contributed by atoms with Crippen molar-refractivity contribution >= 4 is 11.6 Å². The Morgan fingerprint density at radius 2 is 2.33 bits per heavy atom. The molecule has 2 heterocycles. The molecular weight excluding hydrogens is 311 g/mol. The summed E-state index contributed by atoms with van der Waals surface area (Å²) in [7, 11) is 1.70. The number of nitrogens with zero attached hydrogens (tertiary/aromatic N) is 1.